The third kappa shape index (κ3) is 3.75. The lowest BCUT2D eigenvalue weighted by Crippen LogP contribution is -2.37. The van der Waals surface area contributed by atoms with Gasteiger partial charge in [-0.25, -0.2) is 9.37 Å². The van der Waals surface area contributed by atoms with Crippen molar-refractivity contribution in [1.82, 2.24) is 19.4 Å². The average molecular weight is 404 g/mol. The van der Waals surface area contributed by atoms with Crippen LogP contribution >= 0.6 is 0 Å². The Labute approximate surface area is 174 Å². The van der Waals surface area contributed by atoms with Crippen LogP contribution in [-0.4, -0.2) is 39.1 Å². The van der Waals surface area contributed by atoms with E-state index in [0.717, 1.165) is 37.5 Å². The maximum absolute atomic E-state index is 13.6. The van der Waals surface area contributed by atoms with Gasteiger partial charge in [-0.2, -0.15) is 0 Å². The minimum absolute atomic E-state index is 0.101. The highest BCUT2D eigenvalue weighted by Crippen LogP contribution is 2.23. The smallest absolute Gasteiger partial charge is 0.277 e. The minimum atomic E-state index is -0.329. The van der Waals surface area contributed by atoms with Gasteiger partial charge in [-0.1, -0.05) is 30.3 Å². The van der Waals surface area contributed by atoms with Gasteiger partial charge in [-0.3, -0.25) is 9.36 Å². The highest BCUT2D eigenvalue weighted by molar-refractivity contribution is 6.04. The molecule has 5 rings (SSSR count). The molecule has 2 aromatic heterocycles. The van der Waals surface area contributed by atoms with Gasteiger partial charge in [0, 0.05) is 24.0 Å². The molecule has 1 saturated heterocycles. The number of hydrogen-bond acceptors (Lipinski definition) is 3. The Morgan fingerprint density at radius 3 is 2.67 bits per heavy atom. The monoisotopic (exact) mass is 404 g/mol. The van der Waals surface area contributed by atoms with E-state index in [-0.39, 0.29) is 11.4 Å². The lowest BCUT2D eigenvalue weighted by atomic mass is 9.90. The fraction of sp³-hybridized carbons (Fsp3) is 0.333. The van der Waals surface area contributed by atoms with Gasteiger partial charge in [0.05, 0.1) is 6.33 Å². The van der Waals surface area contributed by atoms with Crippen molar-refractivity contribution in [1.29, 1.82) is 0 Å². The van der Waals surface area contributed by atoms with Crippen LogP contribution in [0.25, 0.3) is 21.9 Å². The van der Waals surface area contributed by atoms with Crippen LogP contribution < -0.4 is 5.56 Å². The number of aromatic nitrogens is 3. The predicted molar refractivity (Wildman–Crippen MR) is 117 cm³/mol. The van der Waals surface area contributed by atoms with Crippen molar-refractivity contribution in [2.75, 3.05) is 19.6 Å². The van der Waals surface area contributed by atoms with Crippen molar-refractivity contribution < 1.29 is 4.39 Å². The molecule has 0 unspecified atom stereocenters. The maximum atomic E-state index is 13.6. The first-order valence-corrected chi connectivity index (χ1v) is 10.6. The lowest BCUT2D eigenvalue weighted by molar-refractivity contribution is 0.178. The summed E-state index contributed by atoms with van der Waals surface area (Å²) >= 11 is 0. The van der Waals surface area contributed by atoms with Crippen molar-refractivity contribution in [2.45, 2.75) is 25.8 Å². The summed E-state index contributed by atoms with van der Waals surface area (Å²) in [5, 5.41) is 0.648. The third-order valence-electron chi connectivity index (χ3n) is 6.27. The second-order valence-electron chi connectivity index (χ2n) is 8.26. The summed E-state index contributed by atoms with van der Waals surface area (Å²) in [4.78, 5) is 22.9. The minimum Gasteiger partial charge on any atom is -0.349 e. The molecule has 1 fully saturated rings. The molecular formula is C24H25FN4O. The summed E-state index contributed by atoms with van der Waals surface area (Å²) < 4.78 is 15.2. The van der Waals surface area contributed by atoms with Gasteiger partial charge < -0.3 is 9.88 Å². The Hall–Kier alpha value is -2.99. The third-order valence-corrected chi connectivity index (χ3v) is 6.27. The first-order chi connectivity index (χ1) is 14.7. The number of hydrogen-bond donors (Lipinski definition) is 1. The van der Waals surface area contributed by atoms with Crippen LogP contribution in [-0.2, 0) is 13.0 Å². The molecule has 3 heterocycles. The zero-order valence-corrected chi connectivity index (χ0v) is 16.9. The SMILES string of the molecule is O=c1c2[nH]c3ccc(F)cc3c2ncn1CCN1CCC(Cc2ccccc2)CC1. The number of fused-ring (bicyclic) bond motifs is 3. The Kier molecular flexibility index (Phi) is 5.09. The zero-order valence-electron chi connectivity index (χ0n) is 16.9. The number of aromatic amines is 1. The highest BCUT2D eigenvalue weighted by Gasteiger charge is 2.19. The molecule has 4 aromatic rings. The zero-order chi connectivity index (χ0) is 20.5. The number of benzene rings is 2. The molecule has 0 spiro atoms. The number of nitrogens with one attached hydrogen (secondary N) is 1. The van der Waals surface area contributed by atoms with Crippen LogP contribution in [0.1, 0.15) is 18.4 Å². The van der Waals surface area contributed by atoms with Gasteiger partial charge in [-0.15, -0.1) is 0 Å². The van der Waals surface area contributed by atoms with E-state index < -0.39 is 0 Å². The molecule has 0 bridgehead atoms. The summed E-state index contributed by atoms with van der Waals surface area (Å²) in [6, 6.07) is 15.2. The Morgan fingerprint density at radius 2 is 1.87 bits per heavy atom. The lowest BCUT2D eigenvalue weighted by Gasteiger charge is -2.32. The summed E-state index contributed by atoms with van der Waals surface area (Å²) in [5.41, 5.74) is 3.03. The van der Waals surface area contributed by atoms with E-state index in [4.69, 9.17) is 0 Å². The van der Waals surface area contributed by atoms with Gasteiger partial charge in [0.25, 0.3) is 5.56 Å². The number of likely N-dealkylation sites (tertiary alicyclic amines) is 1. The molecule has 6 heteroatoms. The molecular weight excluding hydrogens is 379 g/mol. The average Bonchev–Trinajstić information content (AvgIpc) is 3.14. The second-order valence-corrected chi connectivity index (χ2v) is 8.26. The van der Waals surface area contributed by atoms with Gasteiger partial charge in [-0.05, 0) is 62.0 Å². The number of rotatable bonds is 5. The second kappa shape index (κ2) is 8.03. The van der Waals surface area contributed by atoms with E-state index in [1.54, 1.807) is 17.0 Å². The van der Waals surface area contributed by atoms with Crippen molar-refractivity contribution >= 4 is 21.9 Å². The summed E-state index contributed by atoms with van der Waals surface area (Å²) in [7, 11) is 0. The molecule has 1 aliphatic heterocycles. The number of nitrogens with zero attached hydrogens (tertiary/aromatic N) is 3. The Balaban J connectivity index is 1.23. The van der Waals surface area contributed by atoms with Crippen LogP contribution in [0.2, 0.25) is 0 Å². The highest BCUT2D eigenvalue weighted by atomic mass is 19.1. The van der Waals surface area contributed by atoms with Crippen LogP contribution in [0, 0.1) is 11.7 Å². The summed E-state index contributed by atoms with van der Waals surface area (Å²) in [6.45, 7) is 3.57. The fourth-order valence-electron chi connectivity index (χ4n) is 4.53. The molecule has 0 aliphatic carbocycles. The van der Waals surface area contributed by atoms with E-state index in [0.29, 0.717) is 23.0 Å². The van der Waals surface area contributed by atoms with Crippen LogP contribution in [0.3, 0.4) is 0 Å². The number of H-pyrrole nitrogens is 1. The first kappa shape index (κ1) is 19.0. The molecule has 5 nitrogen and oxygen atoms in total. The van der Waals surface area contributed by atoms with Gasteiger partial charge in [0.1, 0.15) is 16.9 Å². The number of halogens is 1. The van der Waals surface area contributed by atoms with E-state index in [9.17, 15) is 9.18 Å². The fourth-order valence-corrected chi connectivity index (χ4v) is 4.53. The largest absolute Gasteiger partial charge is 0.349 e. The molecule has 0 radical (unpaired) electrons. The van der Waals surface area contributed by atoms with Crippen LogP contribution in [0.15, 0.2) is 59.7 Å². The maximum Gasteiger partial charge on any atom is 0.277 e. The van der Waals surface area contributed by atoms with E-state index in [1.165, 1.54) is 30.5 Å². The van der Waals surface area contributed by atoms with E-state index in [1.807, 2.05) is 0 Å². The Morgan fingerprint density at radius 1 is 1.07 bits per heavy atom. The molecule has 0 amide bonds. The van der Waals surface area contributed by atoms with Crippen molar-refractivity contribution in [3.05, 3.63) is 76.6 Å². The first-order valence-electron chi connectivity index (χ1n) is 10.6. The van der Waals surface area contributed by atoms with Gasteiger partial charge >= 0.3 is 0 Å². The predicted octanol–water partition coefficient (Wildman–Crippen LogP) is 3.97. The van der Waals surface area contributed by atoms with Crippen molar-refractivity contribution in [3.63, 3.8) is 0 Å². The summed E-state index contributed by atoms with van der Waals surface area (Å²) in [5.74, 6) is 0.404. The molecule has 2 aromatic carbocycles. The normalized spacial score (nSPS) is 15.9. The van der Waals surface area contributed by atoms with Crippen LogP contribution in [0.5, 0.6) is 0 Å². The molecule has 0 saturated carbocycles. The Bertz CT molecular complexity index is 1220. The summed E-state index contributed by atoms with van der Waals surface area (Å²) in [6.07, 6.45) is 5.12. The van der Waals surface area contributed by atoms with Crippen molar-refractivity contribution in [2.24, 2.45) is 5.92 Å². The van der Waals surface area contributed by atoms with Gasteiger partial charge in [0.15, 0.2) is 0 Å². The number of piperidine rings is 1. The molecule has 0 atom stereocenters. The van der Waals surface area contributed by atoms with Crippen molar-refractivity contribution in [3.8, 4) is 0 Å². The van der Waals surface area contributed by atoms with Crippen LogP contribution in [0.4, 0.5) is 4.39 Å². The topological polar surface area (TPSA) is 53.9 Å². The standard InChI is InChI=1S/C24H25FN4O/c25-19-6-7-21-20(15-19)22-23(27-21)24(30)29(16-26-22)13-12-28-10-8-18(9-11-28)14-17-4-2-1-3-5-17/h1-7,15-16,18,27H,8-14H2. The molecule has 1 N–H and O–H groups in total. The molecule has 1 aliphatic rings. The molecule has 154 valence electrons. The van der Waals surface area contributed by atoms with E-state index in [2.05, 4.69) is 45.2 Å². The molecule has 30 heavy (non-hydrogen) atoms. The van der Waals surface area contributed by atoms with E-state index >= 15 is 0 Å². The van der Waals surface area contributed by atoms with Gasteiger partial charge in [0.2, 0.25) is 0 Å². The quantitative estimate of drug-likeness (QED) is 0.548.